The quantitative estimate of drug-likeness (QED) is 0.411. The van der Waals surface area contributed by atoms with E-state index < -0.39 is 15.8 Å². The lowest BCUT2D eigenvalue weighted by atomic mass is 9.97. The Hall–Kier alpha value is -1.80. The van der Waals surface area contributed by atoms with E-state index in [-0.39, 0.29) is 5.25 Å². The second-order valence-corrected chi connectivity index (χ2v) is 13.0. The van der Waals surface area contributed by atoms with Crippen LogP contribution in [0.5, 0.6) is 5.75 Å². The first-order valence-electron chi connectivity index (χ1n) is 12.3. The molecule has 0 spiro atoms. The van der Waals surface area contributed by atoms with Crippen molar-refractivity contribution < 1.29 is 13.7 Å². The summed E-state index contributed by atoms with van der Waals surface area (Å²) in [5, 5.41) is 1.13. The van der Waals surface area contributed by atoms with E-state index in [1.54, 1.807) is 12.1 Å². The first kappa shape index (κ1) is 24.9. The topological polar surface area (TPSA) is 82.5 Å². The molecule has 1 amide bonds. The summed E-state index contributed by atoms with van der Waals surface area (Å²) < 4.78 is 29.0. The molecule has 0 bridgehead atoms. The van der Waals surface area contributed by atoms with Gasteiger partial charge in [0, 0.05) is 22.2 Å². The predicted octanol–water partition coefficient (Wildman–Crippen LogP) is 6.02. The monoisotopic (exact) mass is 535 g/mol. The highest BCUT2D eigenvalue weighted by atomic mass is 35.5. The van der Waals surface area contributed by atoms with Crippen LogP contribution in [0.2, 0.25) is 10.0 Å². The van der Waals surface area contributed by atoms with Gasteiger partial charge in [-0.1, -0.05) is 23.2 Å². The standard InChI is InChI=1S/C26H31Cl2N3O3S/c27-21-11-18(12-22(28)14-21)15-31-9-7-17(8-10-31)16-34-25-6-3-20(13-24(25)19-1-2-19)26(32)30-35(29,33)23-4-5-23/h3,6,11-14,17,19,23H,1-2,4-5,7-10,15-16H2,(H2,29,30,32,33). The number of amides is 1. The Morgan fingerprint density at radius 2 is 1.71 bits per heavy atom. The predicted molar refractivity (Wildman–Crippen MR) is 140 cm³/mol. The van der Waals surface area contributed by atoms with E-state index in [1.165, 1.54) is 0 Å². The van der Waals surface area contributed by atoms with Crippen molar-refractivity contribution in [2.75, 3.05) is 19.7 Å². The lowest BCUT2D eigenvalue weighted by Crippen LogP contribution is -2.35. The smallest absolute Gasteiger partial charge is 0.263 e. The normalized spacial score (nSPS) is 20.9. The van der Waals surface area contributed by atoms with Crippen LogP contribution in [0.4, 0.5) is 0 Å². The molecular formula is C26H31Cl2N3O3S. The van der Waals surface area contributed by atoms with Crippen LogP contribution < -0.4 is 9.46 Å². The fourth-order valence-corrected chi connectivity index (χ4v) is 6.62. The van der Waals surface area contributed by atoms with Gasteiger partial charge in [-0.3, -0.25) is 14.4 Å². The van der Waals surface area contributed by atoms with Crippen molar-refractivity contribution in [3.63, 3.8) is 0 Å². The number of nitrogens with zero attached hydrogens (tertiary/aromatic N) is 1. The Morgan fingerprint density at radius 3 is 2.34 bits per heavy atom. The minimum atomic E-state index is -3.06. The summed E-state index contributed by atoms with van der Waals surface area (Å²) >= 11 is 12.3. The SMILES string of the molecule is N=S(=O)(NC(=O)c1ccc(OCC2CCN(Cc3cc(Cl)cc(Cl)c3)CC2)c(C2CC2)c1)C1CC1. The first-order valence-corrected chi connectivity index (χ1v) is 14.7. The zero-order chi connectivity index (χ0) is 24.6. The van der Waals surface area contributed by atoms with Gasteiger partial charge in [-0.15, -0.1) is 0 Å². The highest BCUT2D eigenvalue weighted by Crippen LogP contribution is 2.45. The summed E-state index contributed by atoms with van der Waals surface area (Å²) in [4.78, 5) is 15.1. The molecule has 1 heterocycles. The number of benzene rings is 2. The minimum absolute atomic E-state index is 0.202. The lowest BCUT2D eigenvalue weighted by Gasteiger charge is -2.32. The summed E-state index contributed by atoms with van der Waals surface area (Å²) in [6.07, 6.45) is 5.79. The lowest BCUT2D eigenvalue weighted by molar-refractivity contribution is 0.0982. The maximum atomic E-state index is 12.6. The number of likely N-dealkylation sites (tertiary alicyclic amines) is 1. The molecule has 2 aliphatic carbocycles. The molecule has 2 aromatic carbocycles. The Labute approximate surface area is 217 Å². The fourth-order valence-electron chi connectivity index (χ4n) is 4.69. The summed E-state index contributed by atoms with van der Waals surface area (Å²) in [5.74, 6) is 1.30. The van der Waals surface area contributed by atoms with Crippen LogP contribution in [-0.4, -0.2) is 40.0 Å². The molecule has 0 aromatic heterocycles. The van der Waals surface area contributed by atoms with E-state index >= 15 is 0 Å². The maximum absolute atomic E-state index is 12.6. The van der Waals surface area contributed by atoms with E-state index in [9.17, 15) is 9.00 Å². The van der Waals surface area contributed by atoms with Crippen molar-refractivity contribution in [2.45, 2.75) is 56.2 Å². The number of ether oxygens (including phenoxy) is 1. The highest BCUT2D eigenvalue weighted by molar-refractivity contribution is 7.92. The van der Waals surface area contributed by atoms with Crippen molar-refractivity contribution >= 4 is 39.0 Å². The molecule has 35 heavy (non-hydrogen) atoms. The first-order chi connectivity index (χ1) is 16.8. The van der Waals surface area contributed by atoms with Gasteiger partial charge in [0.25, 0.3) is 5.91 Å². The Balaban J connectivity index is 1.15. The van der Waals surface area contributed by atoms with Gasteiger partial charge >= 0.3 is 0 Å². The molecule has 5 rings (SSSR count). The molecule has 0 radical (unpaired) electrons. The highest BCUT2D eigenvalue weighted by Gasteiger charge is 2.34. The van der Waals surface area contributed by atoms with E-state index in [1.807, 2.05) is 24.3 Å². The molecule has 9 heteroatoms. The second kappa shape index (κ2) is 10.3. The third-order valence-corrected chi connectivity index (χ3v) is 9.37. The average Bonchev–Trinajstić information content (AvgIpc) is 3.70. The van der Waals surface area contributed by atoms with Gasteiger partial charge in [0.05, 0.1) is 11.9 Å². The van der Waals surface area contributed by atoms with Gasteiger partial charge in [0.2, 0.25) is 0 Å². The largest absolute Gasteiger partial charge is 0.493 e. The van der Waals surface area contributed by atoms with Gasteiger partial charge in [-0.05, 0) is 111 Å². The van der Waals surface area contributed by atoms with Gasteiger partial charge in [0.1, 0.15) is 15.7 Å². The third-order valence-electron chi connectivity index (χ3n) is 7.04. The van der Waals surface area contributed by atoms with E-state index in [2.05, 4.69) is 9.62 Å². The van der Waals surface area contributed by atoms with Crippen LogP contribution in [0.15, 0.2) is 36.4 Å². The maximum Gasteiger partial charge on any atom is 0.263 e. The van der Waals surface area contributed by atoms with Crippen molar-refractivity contribution in [1.29, 1.82) is 4.78 Å². The van der Waals surface area contributed by atoms with Crippen molar-refractivity contribution in [1.82, 2.24) is 9.62 Å². The molecule has 1 aliphatic heterocycles. The van der Waals surface area contributed by atoms with Gasteiger partial charge in [-0.25, -0.2) is 8.99 Å². The van der Waals surface area contributed by atoms with E-state index in [4.69, 9.17) is 32.7 Å². The Kier molecular flexibility index (Phi) is 7.31. The number of nitrogens with one attached hydrogen (secondary N) is 2. The molecule has 1 saturated heterocycles. The van der Waals surface area contributed by atoms with Gasteiger partial charge < -0.3 is 4.74 Å². The molecular weight excluding hydrogens is 505 g/mol. The summed E-state index contributed by atoms with van der Waals surface area (Å²) in [5.41, 5.74) is 2.64. The third kappa shape index (κ3) is 6.50. The van der Waals surface area contributed by atoms with Crippen molar-refractivity contribution in [2.24, 2.45) is 5.92 Å². The molecule has 1 atom stereocenters. The number of carbonyl (C=O) groups is 1. The summed E-state index contributed by atoms with van der Waals surface area (Å²) in [6, 6.07) is 11.2. The number of hydrogen-bond acceptors (Lipinski definition) is 5. The van der Waals surface area contributed by atoms with Crippen LogP contribution in [-0.2, 0) is 16.5 Å². The molecule has 6 nitrogen and oxygen atoms in total. The fraction of sp³-hybridized carbons (Fsp3) is 0.500. The average molecular weight is 537 g/mol. The second-order valence-electron chi connectivity index (χ2n) is 10.1. The van der Waals surface area contributed by atoms with Crippen molar-refractivity contribution in [3.05, 3.63) is 63.1 Å². The van der Waals surface area contributed by atoms with Crippen LogP contribution in [0.3, 0.4) is 0 Å². The Bertz CT molecular complexity index is 1180. The van der Waals surface area contributed by atoms with Gasteiger partial charge in [0.15, 0.2) is 0 Å². The van der Waals surface area contributed by atoms with Crippen LogP contribution in [0, 0.1) is 10.7 Å². The van der Waals surface area contributed by atoms with Gasteiger partial charge in [-0.2, -0.15) is 0 Å². The number of piperidine rings is 1. The zero-order valence-electron chi connectivity index (χ0n) is 19.6. The van der Waals surface area contributed by atoms with Crippen LogP contribution >= 0.6 is 23.2 Å². The molecule has 3 fully saturated rings. The molecule has 2 aromatic rings. The molecule has 3 aliphatic rings. The van der Waals surface area contributed by atoms with Crippen LogP contribution in [0.1, 0.15) is 65.9 Å². The minimum Gasteiger partial charge on any atom is -0.493 e. The molecule has 2 N–H and O–H groups in total. The van der Waals surface area contributed by atoms with E-state index in [0.717, 1.165) is 75.0 Å². The molecule has 1 unspecified atom stereocenters. The number of hydrogen-bond donors (Lipinski definition) is 2. The number of halogens is 2. The van der Waals surface area contributed by atoms with Crippen molar-refractivity contribution in [3.8, 4) is 5.75 Å². The summed E-state index contributed by atoms with van der Waals surface area (Å²) in [6.45, 7) is 3.50. The molecule has 188 valence electrons. The Morgan fingerprint density at radius 1 is 1.03 bits per heavy atom. The zero-order valence-corrected chi connectivity index (χ0v) is 21.9. The van der Waals surface area contributed by atoms with E-state index in [0.29, 0.717) is 34.1 Å². The summed E-state index contributed by atoms with van der Waals surface area (Å²) in [7, 11) is -3.06. The number of carbonyl (C=O) groups excluding carboxylic acids is 1. The number of rotatable bonds is 9. The molecule has 2 saturated carbocycles. The van der Waals surface area contributed by atoms with Crippen LogP contribution in [0.25, 0.3) is 0 Å².